The van der Waals surface area contributed by atoms with Crippen molar-refractivity contribution in [1.29, 1.82) is 0 Å². The average molecular weight is 374 g/mol. The molecule has 5 heteroatoms. The van der Waals surface area contributed by atoms with Gasteiger partial charge in [-0.1, -0.05) is 50.6 Å². The van der Waals surface area contributed by atoms with E-state index in [-0.39, 0.29) is 35.4 Å². The smallest absolute Gasteiger partial charge is 0.315 e. The van der Waals surface area contributed by atoms with Gasteiger partial charge in [0, 0.05) is 24.5 Å². The van der Waals surface area contributed by atoms with E-state index >= 15 is 0 Å². The molecule has 0 aliphatic heterocycles. The Kier molecular flexibility index (Phi) is 7.69. The maximum absolute atomic E-state index is 12.3. The summed E-state index contributed by atoms with van der Waals surface area (Å²) in [5.74, 6) is 0.113. The van der Waals surface area contributed by atoms with Gasteiger partial charge in [-0.05, 0) is 50.5 Å². The van der Waals surface area contributed by atoms with Gasteiger partial charge in [-0.2, -0.15) is 0 Å². The Labute approximate surface area is 163 Å². The van der Waals surface area contributed by atoms with E-state index in [9.17, 15) is 9.59 Å². The molecule has 2 atom stereocenters. The molecule has 0 saturated heterocycles. The first-order chi connectivity index (χ1) is 12.7. The molecule has 1 aromatic rings. The summed E-state index contributed by atoms with van der Waals surface area (Å²) in [5, 5.41) is 9.07. The van der Waals surface area contributed by atoms with E-state index in [0.29, 0.717) is 6.54 Å². The number of rotatable bonds is 7. The van der Waals surface area contributed by atoms with Gasteiger partial charge in [0.15, 0.2) is 0 Å². The number of hydrogen-bond acceptors (Lipinski definition) is 2. The third-order valence-corrected chi connectivity index (χ3v) is 5.06. The summed E-state index contributed by atoms with van der Waals surface area (Å²) >= 11 is 0. The van der Waals surface area contributed by atoms with Crippen LogP contribution in [0.25, 0.3) is 0 Å². The maximum atomic E-state index is 12.3. The predicted octanol–water partition coefficient (Wildman–Crippen LogP) is 3.64. The van der Waals surface area contributed by atoms with E-state index in [4.69, 9.17) is 0 Å². The molecular weight excluding hydrogens is 338 g/mol. The number of hydrogen-bond donors (Lipinski definition) is 3. The summed E-state index contributed by atoms with van der Waals surface area (Å²) in [5.41, 5.74) is 1.25. The molecule has 0 heterocycles. The molecule has 150 valence electrons. The highest BCUT2D eigenvalue weighted by Gasteiger charge is 2.28. The van der Waals surface area contributed by atoms with Crippen LogP contribution < -0.4 is 16.0 Å². The standard InChI is InChI=1S/C22H35N3O2/c1-16(2)24-20(26)18-11-8-12-19(13-18)25-21(27)23-15-22(3,4)14-17-9-6-5-7-10-17/h5-7,9-10,16,18-19H,8,11-15H2,1-4H3,(H,24,26)(H2,23,25,27). The fourth-order valence-electron chi connectivity index (χ4n) is 3.73. The summed E-state index contributed by atoms with van der Waals surface area (Å²) in [6.45, 7) is 8.88. The van der Waals surface area contributed by atoms with Gasteiger partial charge in [0.05, 0.1) is 0 Å². The largest absolute Gasteiger partial charge is 0.354 e. The molecule has 0 spiro atoms. The van der Waals surface area contributed by atoms with Gasteiger partial charge >= 0.3 is 6.03 Å². The lowest BCUT2D eigenvalue weighted by Gasteiger charge is -2.30. The minimum absolute atomic E-state index is 0.000900. The minimum atomic E-state index is -0.133. The van der Waals surface area contributed by atoms with Gasteiger partial charge in [-0.15, -0.1) is 0 Å². The Morgan fingerprint density at radius 1 is 1.15 bits per heavy atom. The van der Waals surface area contributed by atoms with E-state index in [0.717, 1.165) is 32.1 Å². The summed E-state index contributed by atoms with van der Waals surface area (Å²) in [6, 6.07) is 10.4. The van der Waals surface area contributed by atoms with Crippen LogP contribution in [-0.2, 0) is 11.2 Å². The zero-order valence-corrected chi connectivity index (χ0v) is 17.2. The second-order valence-electron chi connectivity index (χ2n) is 8.88. The summed E-state index contributed by atoms with van der Waals surface area (Å²) in [7, 11) is 0. The molecule has 27 heavy (non-hydrogen) atoms. The molecule has 1 fully saturated rings. The molecule has 0 aromatic heterocycles. The van der Waals surface area contributed by atoms with Crippen molar-refractivity contribution in [1.82, 2.24) is 16.0 Å². The fourth-order valence-corrected chi connectivity index (χ4v) is 3.73. The van der Waals surface area contributed by atoms with E-state index in [1.54, 1.807) is 0 Å². The lowest BCUT2D eigenvalue weighted by Crippen LogP contribution is -2.48. The van der Waals surface area contributed by atoms with Crippen molar-refractivity contribution in [3.63, 3.8) is 0 Å². The van der Waals surface area contributed by atoms with Gasteiger partial charge in [-0.25, -0.2) is 4.79 Å². The summed E-state index contributed by atoms with van der Waals surface area (Å²) < 4.78 is 0. The van der Waals surface area contributed by atoms with Gasteiger partial charge in [0.25, 0.3) is 0 Å². The normalized spacial score (nSPS) is 20.2. The van der Waals surface area contributed by atoms with Crippen LogP contribution in [0, 0.1) is 11.3 Å². The predicted molar refractivity (Wildman–Crippen MR) is 109 cm³/mol. The van der Waals surface area contributed by atoms with Crippen LogP contribution in [0.5, 0.6) is 0 Å². The van der Waals surface area contributed by atoms with Crippen LogP contribution in [0.3, 0.4) is 0 Å². The monoisotopic (exact) mass is 373 g/mol. The van der Waals surface area contributed by atoms with Crippen LogP contribution in [0.2, 0.25) is 0 Å². The molecule has 0 radical (unpaired) electrons. The number of benzene rings is 1. The number of urea groups is 1. The van der Waals surface area contributed by atoms with Crippen molar-refractivity contribution >= 4 is 11.9 Å². The van der Waals surface area contributed by atoms with E-state index in [1.807, 2.05) is 32.0 Å². The molecule has 3 amide bonds. The molecule has 1 aliphatic carbocycles. The highest BCUT2D eigenvalue weighted by atomic mass is 16.2. The van der Waals surface area contributed by atoms with Crippen LogP contribution in [0.1, 0.15) is 58.9 Å². The van der Waals surface area contributed by atoms with Crippen molar-refractivity contribution in [3.8, 4) is 0 Å². The number of amides is 3. The highest BCUT2D eigenvalue weighted by Crippen LogP contribution is 2.25. The zero-order valence-electron chi connectivity index (χ0n) is 17.2. The zero-order chi connectivity index (χ0) is 19.9. The maximum Gasteiger partial charge on any atom is 0.315 e. The molecular formula is C22H35N3O2. The third-order valence-electron chi connectivity index (χ3n) is 5.06. The lowest BCUT2D eigenvalue weighted by molar-refractivity contribution is -0.126. The van der Waals surface area contributed by atoms with E-state index in [2.05, 4.69) is 41.9 Å². The Morgan fingerprint density at radius 3 is 2.52 bits per heavy atom. The van der Waals surface area contributed by atoms with Crippen molar-refractivity contribution < 1.29 is 9.59 Å². The molecule has 2 rings (SSSR count). The Balaban J connectivity index is 1.76. The Morgan fingerprint density at radius 2 is 1.85 bits per heavy atom. The first-order valence-corrected chi connectivity index (χ1v) is 10.1. The van der Waals surface area contributed by atoms with Gasteiger partial charge in [-0.3, -0.25) is 4.79 Å². The second kappa shape index (κ2) is 9.77. The van der Waals surface area contributed by atoms with Crippen molar-refractivity contribution in [2.75, 3.05) is 6.54 Å². The molecule has 0 bridgehead atoms. The van der Waals surface area contributed by atoms with Gasteiger partial charge < -0.3 is 16.0 Å². The van der Waals surface area contributed by atoms with Crippen LogP contribution in [0.15, 0.2) is 30.3 Å². The van der Waals surface area contributed by atoms with Crippen molar-refractivity contribution in [3.05, 3.63) is 35.9 Å². The number of nitrogens with one attached hydrogen (secondary N) is 3. The topological polar surface area (TPSA) is 70.2 Å². The first-order valence-electron chi connectivity index (χ1n) is 10.1. The average Bonchev–Trinajstić information content (AvgIpc) is 2.60. The molecule has 1 aliphatic rings. The molecule has 2 unspecified atom stereocenters. The number of carbonyl (C=O) groups is 2. The first kappa shape index (κ1) is 21.3. The molecule has 1 saturated carbocycles. The SMILES string of the molecule is CC(C)NC(=O)C1CCCC(NC(=O)NCC(C)(C)Cc2ccccc2)C1. The van der Waals surface area contributed by atoms with Crippen molar-refractivity contribution in [2.24, 2.45) is 11.3 Å². The lowest BCUT2D eigenvalue weighted by atomic mass is 9.85. The molecule has 5 nitrogen and oxygen atoms in total. The highest BCUT2D eigenvalue weighted by molar-refractivity contribution is 5.79. The van der Waals surface area contributed by atoms with E-state index in [1.165, 1.54) is 5.56 Å². The Bertz CT molecular complexity index is 613. The van der Waals surface area contributed by atoms with Crippen molar-refractivity contribution in [2.45, 2.75) is 71.9 Å². The molecule has 3 N–H and O–H groups in total. The second-order valence-corrected chi connectivity index (χ2v) is 8.88. The van der Waals surface area contributed by atoms with E-state index < -0.39 is 0 Å². The number of carbonyl (C=O) groups excluding carboxylic acids is 2. The molecule has 1 aromatic carbocycles. The fraction of sp³-hybridized carbons (Fsp3) is 0.636. The quantitative estimate of drug-likeness (QED) is 0.683. The van der Waals surface area contributed by atoms with Crippen LogP contribution >= 0.6 is 0 Å². The summed E-state index contributed by atoms with van der Waals surface area (Å²) in [4.78, 5) is 24.6. The van der Waals surface area contributed by atoms with Crippen LogP contribution in [-0.4, -0.2) is 30.6 Å². The summed E-state index contributed by atoms with van der Waals surface area (Å²) in [6.07, 6.45) is 4.45. The third kappa shape index (κ3) is 7.61. The Hall–Kier alpha value is -2.04. The van der Waals surface area contributed by atoms with Gasteiger partial charge in [0.2, 0.25) is 5.91 Å². The minimum Gasteiger partial charge on any atom is -0.354 e. The van der Waals surface area contributed by atoms with Gasteiger partial charge in [0.1, 0.15) is 0 Å². The van der Waals surface area contributed by atoms with Crippen LogP contribution in [0.4, 0.5) is 4.79 Å².